The van der Waals surface area contributed by atoms with E-state index in [1.165, 1.54) is 0 Å². The van der Waals surface area contributed by atoms with E-state index in [0.29, 0.717) is 33.7 Å². The Hall–Kier alpha value is -1.42. The fourth-order valence-electron chi connectivity index (χ4n) is 1.73. The normalized spacial score (nSPS) is 10.2. The maximum Gasteiger partial charge on any atom is 0.226 e. The molecule has 0 spiro atoms. The highest BCUT2D eigenvalue weighted by Gasteiger charge is 2.08. The van der Waals surface area contributed by atoms with Gasteiger partial charge in [-0.2, -0.15) is 0 Å². The molecule has 0 aromatic heterocycles. The summed E-state index contributed by atoms with van der Waals surface area (Å²) < 4.78 is 0. The molecule has 0 aliphatic carbocycles. The minimum absolute atomic E-state index is 0.145. The molecule has 2 aromatic rings. The van der Waals surface area contributed by atoms with Crippen LogP contribution in [0.3, 0.4) is 0 Å². The number of hydrogen-bond donors (Lipinski definition) is 2. The monoisotopic (exact) mass is 342 g/mol. The van der Waals surface area contributed by atoms with Crippen LogP contribution in [0.1, 0.15) is 6.42 Å². The van der Waals surface area contributed by atoms with Gasteiger partial charge < -0.3 is 10.6 Å². The summed E-state index contributed by atoms with van der Waals surface area (Å²) >= 11 is 17.8. The lowest BCUT2D eigenvalue weighted by molar-refractivity contribution is -0.115. The Bertz CT molecular complexity index is 647. The van der Waals surface area contributed by atoms with E-state index in [9.17, 15) is 4.79 Å². The first kappa shape index (κ1) is 16.0. The zero-order valence-corrected chi connectivity index (χ0v) is 13.3. The number of rotatable bonds is 5. The van der Waals surface area contributed by atoms with Gasteiger partial charge in [0.25, 0.3) is 0 Å². The predicted octanol–water partition coefficient (Wildman–Crippen LogP) is 5.09. The summed E-state index contributed by atoms with van der Waals surface area (Å²) in [5.41, 5.74) is 1.38. The van der Waals surface area contributed by atoms with Gasteiger partial charge in [0, 0.05) is 23.7 Å². The highest BCUT2D eigenvalue weighted by atomic mass is 35.5. The maximum atomic E-state index is 11.9. The van der Waals surface area contributed by atoms with E-state index in [2.05, 4.69) is 10.6 Å². The topological polar surface area (TPSA) is 41.1 Å². The third-order valence-electron chi connectivity index (χ3n) is 2.73. The van der Waals surface area contributed by atoms with E-state index in [0.717, 1.165) is 5.69 Å². The van der Waals surface area contributed by atoms with Crippen LogP contribution in [0.2, 0.25) is 15.1 Å². The number of anilines is 2. The van der Waals surface area contributed by atoms with E-state index >= 15 is 0 Å². The third-order valence-corrected chi connectivity index (χ3v) is 3.79. The van der Waals surface area contributed by atoms with Gasteiger partial charge in [-0.1, -0.05) is 46.9 Å². The van der Waals surface area contributed by atoms with E-state index in [1.54, 1.807) is 30.3 Å². The molecule has 0 saturated carbocycles. The summed E-state index contributed by atoms with van der Waals surface area (Å²) in [6, 6.07) is 12.4. The van der Waals surface area contributed by atoms with Gasteiger partial charge in [0.15, 0.2) is 0 Å². The summed E-state index contributed by atoms with van der Waals surface area (Å²) in [7, 11) is 0. The Labute approximate surface area is 138 Å². The Balaban J connectivity index is 1.84. The van der Waals surface area contributed by atoms with Gasteiger partial charge >= 0.3 is 0 Å². The Morgan fingerprint density at radius 3 is 2.57 bits per heavy atom. The van der Waals surface area contributed by atoms with Gasteiger partial charge in [-0.25, -0.2) is 0 Å². The van der Waals surface area contributed by atoms with Crippen molar-refractivity contribution in [3.8, 4) is 0 Å². The first-order chi connectivity index (χ1) is 10.1. The van der Waals surface area contributed by atoms with Crippen molar-refractivity contribution in [1.82, 2.24) is 0 Å². The molecule has 0 radical (unpaired) electrons. The van der Waals surface area contributed by atoms with Crippen LogP contribution in [0.5, 0.6) is 0 Å². The van der Waals surface area contributed by atoms with E-state index in [1.807, 2.05) is 12.1 Å². The van der Waals surface area contributed by atoms with Crippen molar-refractivity contribution in [2.45, 2.75) is 6.42 Å². The number of benzene rings is 2. The molecule has 1 amide bonds. The van der Waals surface area contributed by atoms with Crippen molar-refractivity contribution in [2.24, 2.45) is 0 Å². The van der Waals surface area contributed by atoms with E-state index < -0.39 is 0 Å². The summed E-state index contributed by atoms with van der Waals surface area (Å²) in [5.74, 6) is -0.145. The lowest BCUT2D eigenvalue weighted by Crippen LogP contribution is -2.16. The van der Waals surface area contributed by atoms with Gasteiger partial charge in [-0.15, -0.1) is 0 Å². The van der Waals surface area contributed by atoms with E-state index in [-0.39, 0.29) is 5.91 Å². The van der Waals surface area contributed by atoms with Crippen LogP contribution in [0.15, 0.2) is 42.5 Å². The van der Waals surface area contributed by atoms with Crippen molar-refractivity contribution in [2.75, 3.05) is 17.2 Å². The van der Waals surface area contributed by atoms with Crippen molar-refractivity contribution >= 4 is 52.1 Å². The summed E-state index contributed by atoms with van der Waals surface area (Å²) in [4.78, 5) is 11.9. The highest BCUT2D eigenvalue weighted by Crippen LogP contribution is 2.29. The first-order valence-corrected chi connectivity index (χ1v) is 7.43. The molecule has 0 aliphatic heterocycles. The molecular formula is C15H13Cl3N2O. The minimum Gasteiger partial charge on any atom is -0.384 e. The van der Waals surface area contributed by atoms with Gasteiger partial charge in [0.1, 0.15) is 0 Å². The summed E-state index contributed by atoms with van der Waals surface area (Å²) in [6.45, 7) is 0.490. The smallest absolute Gasteiger partial charge is 0.226 e. The molecule has 0 bridgehead atoms. The number of halogens is 3. The van der Waals surface area contributed by atoms with Crippen molar-refractivity contribution in [1.29, 1.82) is 0 Å². The molecule has 110 valence electrons. The number of carbonyl (C=O) groups is 1. The minimum atomic E-state index is -0.145. The molecule has 3 nitrogen and oxygen atoms in total. The molecular weight excluding hydrogens is 331 g/mol. The van der Waals surface area contributed by atoms with Crippen LogP contribution in [-0.2, 0) is 4.79 Å². The fraction of sp³-hybridized carbons (Fsp3) is 0.133. The van der Waals surface area contributed by atoms with Crippen molar-refractivity contribution < 1.29 is 4.79 Å². The van der Waals surface area contributed by atoms with Crippen LogP contribution in [-0.4, -0.2) is 12.5 Å². The van der Waals surface area contributed by atoms with Gasteiger partial charge in [0.05, 0.1) is 15.7 Å². The van der Waals surface area contributed by atoms with Gasteiger partial charge in [-0.3, -0.25) is 4.79 Å². The van der Waals surface area contributed by atoms with Crippen molar-refractivity contribution in [3.05, 3.63) is 57.5 Å². The van der Waals surface area contributed by atoms with E-state index in [4.69, 9.17) is 34.8 Å². The SMILES string of the molecule is O=C(CCNc1cccc(Cl)c1)Nc1cccc(Cl)c1Cl. The molecule has 0 saturated heterocycles. The molecule has 2 N–H and O–H groups in total. The quantitative estimate of drug-likeness (QED) is 0.794. The van der Waals surface area contributed by atoms with Crippen molar-refractivity contribution in [3.63, 3.8) is 0 Å². The zero-order chi connectivity index (χ0) is 15.2. The molecule has 6 heteroatoms. The Morgan fingerprint density at radius 2 is 1.81 bits per heavy atom. The lowest BCUT2D eigenvalue weighted by Gasteiger charge is -2.09. The second kappa shape index (κ2) is 7.55. The third kappa shape index (κ3) is 4.81. The predicted molar refractivity (Wildman–Crippen MR) is 89.7 cm³/mol. The molecule has 0 aliphatic rings. The Morgan fingerprint density at radius 1 is 1.05 bits per heavy atom. The average Bonchev–Trinajstić information content (AvgIpc) is 2.44. The Kier molecular flexibility index (Phi) is 5.74. The maximum absolute atomic E-state index is 11.9. The first-order valence-electron chi connectivity index (χ1n) is 6.29. The number of carbonyl (C=O) groups excluding carboxylic acids is 1. The summed E-state index contributed by atoms with van der Waals surface area (Å²) in [5, 5.41) is 7.25. The van der Waals surface area contributed by atoms with Crippen LogP contribution in [0.25, 0.3) is 0 Å². The van der Waals surface area contributed by atoms with Crippen LogP contribution >= 0.6 is 34.8 Å². The van der Waals surface area contributed by atoms with Crippen LogP contribution < -0.4 is 10.6 Å². The molecule has 21 heavy (non-hydrogen) atoms. The van der Waals surface area contributed by atoms with Crippen LogP contribution in [0.4, 0.5) is 11.4 Å². The zero-order valence-electron chi connectivity index (χ0n) is 11.0. The molecule has 2 aromatic carbocycles. The second-order valence-electron chi connectivity index (χ2n) is 4.34. The highest BCUT2D eigenvalue weighted by molar-refractivity contribution is 6.44. The standard InChI is InChI=1S/C15H13Cl3N2O/c16-10-3-1-4-11(9-10)19-8-7-14(21)20-13-6-2-5-12(17)15(13)18/h1-6,9,19H,7-8H2,(H,20,21). The second-order valence-corrected chi connectivity index (χ2v) is 5.56. The number of nitrogens with one attached hydrogen (secondary N) is 2. The number of amides is 1. The lowest BCUT2D eigenvalue weighted by atomic mass is 10.3. The molecule has 0 unspecified atom stereocenters. The average molecular weight is 344 g/mol. The molecule has 2 rings (SSSR count). The summed E-state index contributed by atoms with van der Waals surface area (Å²) in [6.07, 6.45) is 0.301. The number of hydrogen-bond acceptors (Lipinski definition) is 2. The molecule has 0 fully saturated rings. The molecule has 0 atom stereocenters. The van der Waals surface area contributed by atoms with Gasteiger partial charge in [-0.05, 0) is 30.3 Å². The van der Waals surface area contributed by atoms with Gasteiger partial charge in [0.2, 0.25) is 5.91 Å². The molecule has 0 heterocycles. The van der Waals surface area contributed by atoms with Crippen LogP contribution in [0, 0.1) is 0 Å². The largest absolute Gasteiger partial charge is 0.384 e. The fourth-order valence-corrected chi connectivity index (χ4v) is 2.27.